The van der Waals surface area contributed by atoms with Crippen molar-refractivity contribution < 1.29 is 0 Å². The van der Waals surface area contributed by atoms with Gasteiger partial charge in [-0.1, -0.05) is 13.0 Å². The molecule has 0 unspecified atom stereocenters. The maximum atomic E-state index is 4.48. The monoisotopic (exact) mass is 271 g/mol. The van der Waals surface area contributed by atoms with Crippen molar-refractivity contribution in [3.05, 3.63) is 41.5 Å². The Kier molecular flexibility index (Phi) is 4.87. The lowest BCUT2D eigenvalue weighted by Crippen LogP contribution is -2.08. The molecule has 2 rings (SSSR count). The van der Waals surface area contributed by atoms with Crippen LogP contribution in [0.5, 0.6) is 0 Å². The summed E-state index contributed by atoms with van der Waals surface area (Å²) in [4.78, 5) is 13.4. The zero-order valence-corrected chi connectivity index (χ0v) is 12.3. The Hall–Kier alpha value is -2.17. The maximum Gasteiger partial charge on any atom is 0.132 e. The molecule has 0 bridgehead atoms. The van der Waals surface area contributed by atoms with E-state index in [-0.39, 0.29) is 0 Å². The van der Waals surface area contributed by atoms with Gasteiger partial charge in [0.15, 0.2) is 0 Å². The van der Waals surface area contributed by atoms with Crippen LogP contribution < -0.4 is 10.6 Å². The molecule has 2 aromatic rings. The Morgan fingerprint density at radius 2 is 1.75 bits per heavy atom. The molecule has 0 saturated heterocycles. The van der Waals surface area contributed by atoms with Gasteiger partial charge in [0.2, 0.25) is 0 Å². The summed E-state index contributed by atoms with van der Waals surface area (Å²) in [7, 11) is 0. The van der Waals surface area contributed by atoms with Crippen LogP contribution in [0.2, 0.25) is 0 Å². The largest absolute Gasteiger partial charge is 0.370 e. The van der Waals surface area contributed by atoms with Gasteiger partial charge in [0.05, 0.1) is 12.2 Å². The van der Waals surface area contributed by atoms with E-state index in [0.717, 1.165) is 41.8 Å². The molecule has 0 amide bonds. The van der Waals surface area contributed by atoms with Gasteiger partial charge in [-0.25, -0.2) is 9.97 Å². The molecule has 20 heavy (non-hydrogen) atoms. The summed E-state index contributed by atoms with van der Waals surface area (Å²) in [6, 6.07) is 7.94. The first-order valence-electron chi connectivity index (χ1n) is 6.99. The van der Waals surface area contributed by atoms with Crippen molar-refractivity contribution in [1.29, 1.82) is 0 Å². The summed E-state index contributed by atoms with van der Waals surface area (Å²) in [6.07, 6.45) is 0.816. The highest BCUT2D eigenvalue weighted by Gasteiger charge is 2.03. The first-order chi connectivity index (χ1) is 9.71. The lowest BCUT2D eigenvalue weighted by molar-refractivity contribution is 0.923. The summed E-state index contributed by atoms with van der Waals surface area (Å²) < 4.78 is 0. The predicted octanol–water partition coefficient (Wildman–Crippen LogP) is 2.79. The van der Waals surface area contributed by atoms with Crippen LogP contribution >= 0.6 is 0 Å². The third-order valence-corrected chi connectivity index (χ3v) is 2.84. The van der Waals surface area contributed by atoms with Crippen molar-refractivity contribution in [2.45, 2.75) is 33.7 Å². The average Bonchev–Trinajstić information content (AvgIpc) is 2.45. The molecule has 2 heterocycles. The van der Waals surface area contributed by atoms with Gasteiger partial charge in [0.25, 0.3) is 0 Å². The minimum atomic E-state index is 0.660. The molecule has 0 fully saturated rings. The van der Waals surface area contributed by atoms with E-state index in [0.29, 0.717) is 6.54 Å². The van der Waals surface area contributed by atoms with Gasteiger partial charge in [0.1, 0.15) is 17.5 Å². The van der Waals surface area contributed by atoms with Crippen molar-refractivity contribution in [3.63, 3.8) is 0 Å². The number of pyridine rings is 1. The van der Waals surface area contributed by atoms with Gasteiger partial charge < -0.3 is 10.6 Å². The van der Waals surface area contributed by atoms with E-state index in [2.05, 4.69) is 39.4 Å². The van der Waals surface area contributed by atoms with Gasteiger partial charge in [-0.2, -0.15) is 0 Å². The number of hydrogen-bond acceptors (Lipinski definition) is 5. The summed E-state index contributed by atoms with van der Waals surface area (Å²) >= 11 is 0. The van der Waals surface area contributed by atoms with Crippen LogP contribution in [0.3, 0.4) is 0 Å². The van der Waals surface area contributed by atoms with E-state index in [4.69, 9.17) is 0 Å². The third-order valence-electron chi connectivity index (χ3n) is 2.84. The van der Waals surface area contributed by atoms with Crippen LogP contribution in [0.15, 0.2) is 24.3 Å². The molecule has 0 spiro atoms. The van der Waals surface area contributed by atoms with Crippen molar-refractivity contribution in [2.24, 2.45) is 0 Å². The fraction of sp³-hybridized carbons (Fsp3) is 0.400. The zero-order chi connectivity index (χ0) is 14.4. The minimum Gasteiger partial charge on any atom is -0.370 e. The van der Waals surface area contributed by atoms with Crippen molar-refractivity contribution in [2.75, 3.05) is 17.2 Å². The highest BCUT2D eigenvalue weighted by atomic mass is 15.1. The highest BCUT2D eigenvalue weighted by molar-refractivity contribution is 5.47. The Morgan fingerprint density at radius 3 is 2.40 bits per heavy atom. The molecule has 106 valence electrons. The Bertz CT molecular complexity index is 568. The molecular weight excluding hydrogens is 250 g/mol. The maximum absolute atomic E-state index is 4.48. The molecule has 0 saturated carbocycles. The SMILES string of the molecule is CCNc1cc(NCc2cccc(C)n2)nc(CC)n1. The van der Waals surface area contributed by atoms with E-state index in [1.807, 2.05) is 31.2 Å². The second kappa shape index (κ2) is 6.84. The van der Waals surface area contributed by atoms with Crippen LogP contribution in [0, 0.1) is 6.92 Å². The first kappa shape index (κ1) is 14.2. The van der Waals surface area contributed by atoms with E-state index in [1.165, 1.54) is 0 Å². The number of rotatable bonds is 6. The summed E-state index contributed by atoms with van der Waals surface area (Å²) in [6.45, 7) is 7.60. The lowest BCUT2D eigenvalue weighted by atomic mass is 10.3. The van der Waals surface area contributed by atoms with Crippen LogP contribution in [0.25, 0.3) is 0 Å². The van der Waals surface area contributed by atoms with Crippen LogP contribution in [-0.4, -0.2) is 21.5 Å². The van der Waals surface area contributed by atoms with Crippen molar-refractivity contribution in [1.82, 2.24) is 15.0 Å². The minimum absolute atomic E-state index is 0.660. The topological polar surface area (TPSA) is 62.7 Å². The average molecular weight is 271 g/mol. The smallest absolute Gasteiger partial charge is 0.132 e. The lowest BCUT2D eigenvalue weighted by Gasteiger charge is -2.10. The van der Waals surface area contributed by atoms with Crippen LogP contribution in [0.4, 0.5) is 11.6 Å². The standard InChI is InChI=1S/C15H21N5/c1-4-13-19-14(16-5-2)9-15(20-13)17-10-12-8-6-7-11(3)18-12/h6-9H,4-5,10H2,1-3H3,(H2,16,17,19,20). The number of aryl methyl sites for hydroxylation is 2. The van der Waals surface area contributed by atoms with Gasteiger partial charge in [0, 0.05) is 24.7 Å². The molecule has 2 N–H and O–H groups in total. The van der Waals surface area contributed by atoms with Crippen molar-refractivity contribution >= 4 is 11.6 Å². The molecule has 5 nitrogen and oxygen atoms in total. The van der Waals surface area contributed by atoms with Crippen LogP contribution in [-0.2, 0) is 13.0 Å². The molecule has 0 radical (unpaired) electrons. The fourth-order valence-electron chi connectivity index (χ4n) is 1.90. The Labute approximate surface area is 119 Å². The van der Waals surface area contributed by atoms with Gasteiger partial charge in [-0.3, -0.25) is 4.98 Å². The van der Waals surface area contributed by atoms with E-state index < -0.39 is 0 Å². The number of hydrogen-bond donors (Lipinski definition) is 2. The third kappa shape index (κ3) is 3.91. The summed E-state index contributed by atoms with van der Waals surface area (Å²) in [5.41, 5.74) is 2.03. The number of nitrogens with zero attached hydrogens (tertiary/aromatic N) is 3. The molecule has 2 aromatic heterocycles. The molecule has 0 aliphatic rings. The second-order valence-corrected chi connectivity index (χ2v) is 4.56. The number of nitrogens with one attached hydrogen (secondary N) is 2. The molecule has 0 aliphatic heterocycles. The molecule has 5 heteroatoms. The first-order valence-corrected chi connectivity index (χ1v) is 6.99. The van der Waals surface area contributed by atoms with Crippen LogP contribution in [0.1, 0.15) is 31.1 Å². The Morgan fingerprint density at radius 1 is 1.00 bits per heavy atom. The summed E-state index contributed by atoms with van der Waals surface area (Å²) in [5.74, 6) is 2.53. The zero-order valence-electron chi connectivity index (χ0n) is 12.3. The molecule has 0 atom stereocenters. The fourth-order valence-corrected chi connectivity index (χ4v) is 1.90. The van der Waals surface area contributed by atoms with Gasteiger partial charge >= 0.3 is 0 Å². The molecule has 0 aromatic carbocycles. The van der Waals surface area contributed by atoms with Crippen molar-refractivity contribution in [3.8, 4) is 0 Å². The number of aromatic nitrogens is 3. The van der Waals surface area contributed by atoms with Gasteiger partial charge in [-0.05, 0) is 26.0 Å². The van der Waals surface area contributed by atoms with Gasteiger partial charge in [-0.15, -0.1) is 0 Å². The highest BCUT2D eigenvalue weighted by Crippen LogP contribution is 2.12. The predicted molar refractivity (Wildman–Crippen MR) is 81.9 cm³/mol. The molecule has 0 aliphatic carbocycles. The Balaban J connectivity index is 2.10. The second-order valence-electron chi connectivity index (χ2n) is 4.56. The molecular formula is C15H21N5. The van der Waals surface area contributed by atoms with E-state index >= 15 is 0 Å². The van der Waals surface area contributed by atoms with E-state index in [9.17, 15) is 0 Å². The number of anilines is 2. The summed E-state index contributed by atoms with van der Waals surface area (Å²) in [5, 5.41) is 6.53. The quantitative estimate of drug-likeness (QED) is 0.846. The van der Waals surface area contributed by atoms with E-state index in [1.54, 1.807) is 0 Å². The normalized spacial score (nSPS) is 10.3.